The lowest BCUT2D eigenvalue weighted by Gasteiger charge is -2.00. The second-order valence-corrected chi connectivity index (χ2v) is 4.05. The van der Waals surface area contributed by atoms with E-state index in [4.69, 9.17) is 9.68 Å². The average Bonchev–Trinajstić information content (AvgIpc) is 2.53. The highest BCUT2D eigenvalue weighted by Gasteiger charge is 2.02. The first-order valence-corrected chi connectivity index (χ1v) is 6.00. The van der Waals surface area contributed by atoms with Crippen LogP contribution in [0.4, 0.5) is 5.82 Å². The average molecular weight is 262 g/mol. The van der Waals surface area contributed by atoms with Crippen molar-refractivity contribution in [1.82, 2.24) is 4.98 Å². The first-order valence-electron chi connectivity index (χ1n) is 6.00. The molecule has 96 valence electrons. The van der Waals surface area contributed by atoms with Crippen LogP contribution in [0.25, 0.3) is 11.0 Å². The van der Waals surface area contributed by atoms with E-state index in [1.807, 2.05) is 36.4 Å². The smallest absolute Gasteiger partial charge is 0.254 e. The molecule has 0 aliphatic rings. The van der Waals surface area contributed by atoms with Crippen molar-refractivity contribution in [3.63, 3.8) is 0 Å². The van der Waals surface area contributed by atoms with Crippen LogP contribution in [0.1, 0.15) is 5.56 Å². The zero-order valence-corrected chi connectivity index (χ0v) is 10.4. The van der Waals surface area contributed by atoms with Gasteiger partial charge in [0.2, 0.25) is 0 Å². The molecule has 0 saturated carbocycles. The first-order chi connectivity index (χ1) is 9.86. The summed E-state index contributed by atoms with van der Waals surface area (Å²) in [6, 6.07) is 16.7. The van der Waals surface area contributed by atoms with Gasteiger partial charge in [0, 0.05) is 11.6 Å². The zero-order valence-electron chi connectivity index (χ0n) is 10.4. The lowest BCUT2D eigenvalue weighted by Crippen LogP contribution is -2.10. The van der Waals surface area contributed by atoms with E-state index in [1.54, 1.807) is 18.3 Å². The molecule has 5 heteroatoms. The van der Waals surface area contributed by atoms with Crippen LogP contribution in [0.5, 0.6) is 0 Å². The van der Waals surface area contributed by atoms with Crippen molar-refractivity contribution in [1.29, 1.82) is 5.26 Å². The third kappa shape index (κ3) is 2.35. The van der Waals surface area contributed by atoms with Gasteiger partial charge in [-0.15, -0.1) is 5.10 Å². The Morgan fingerprint density at radius 3 is 2.80 bits per heavy atom. The van der Waals surface area contributed by atoms with Crippen LogP contribution in [0.2, 0.25) is 0 Å². The topological polar surface area (TPSA) is 74.2 Å². The number of rotatable bonds is 2. The fourth-order valence-corrected chi connectivity index (χ4v) is 1.77. The van der Waals surface area contributed by atoms with Gasteiger partial charge in [0.15, 0.2) is 0 Å². The summed E-state index contributed by atoms with van der Waals surface area (Å²) in [6.07, 6.45) is 1.65. The normalized spacial score (nSPS) is 11.2. The number of para-hydroxylation sites is 1. The fraction of sp³-hybridized carbons (Fsp3) is 0. The van der Waals surface area contributed by atoms with E-state index < -0.39 is 0 Å². The van der Waals surface area contributed by atoms with Crippen molar-refractivity contribution < 1.29 is 4.42 Å². The number of aromatic nitrogens is 1. The molecule has 0 amide bonds. The van der Waals surface area contributed by atoms with Gasteiger partial charge in [-0.2, -0.15) is 5.26 Å². The molecule has 0 bridgehead atoms. The van der Waals surface area contributed by atoms with Crippen LogP contribution in [0.15, 0.2) is 64.2 Å². The van der Waals surface area contributed by atoms with Gasteiger partial charge >= 0.3 is 0 Å². The van der Waals surface area contributed by atoms with Crippen LogP contribution in [0.3, 0.4) is 0 Å². The third-order valence-electron chi connectivity index (χ3n) is 2.71. The number of pyridine rings is 1. The number of hydrogen-bond acceptors (Lipinski definition) is 5. The largest absolute Gasteiger partial charge is 0.436 e. The van der Waals surface area contributed by atoms with Crippen molar-refractivity contribution in [2.75, 3.05) is 5.43 Å². The van der Waals surface area contributed by atoms with Gasteiger partial charge in [0.05, 0.1) is 0 Å². The summed E-state index contributed by atoms with van der Waals surface area (Å²) in [5.74, 6) is 0.583. The predicted octanol–water partition coefficient (Wildman–Crippen LogP) is 2.63. The minimum atomic E-state index is 0.233. The molecule has 0 aliphatic heterocycles. The number of nitrogens with one attached hydrogen (secondary N) is 1. The number of benzene rings is 1. The van der Waals surface area contributed by atoms with Crippen LogP contribution in [-0.4, -0.2) is 4.98 Å². The summed E-state index contributed by atoms with van der Waals surface area (Å²) in [7, 11) is 0. The van der Waals surface area contributed by atoms with Crippen LogP contribution in [-0.2, 0) is 0 Å². The molecule has 0 atom stereocenters. The quantitative estimate of drug-likeness (QED) is 0.720. The van der Waals surface area contributed by atoms with Gasteiger partial charge in [-0.05, 0) is 24.3 Å². The Hall–Kier alpha value is -3.13. The summed E-state index contributed by atoms with van der Waals surface area (Å²) in [6.45, 7) is 0. The van der Waals surface area contributed by atoms with Crippen molar-refractivity contribution in [2.24, 2.45) is 5.10 Å². The van der Waals surface area contributed by atoms with E-state index in [-0.39, 0.29) is 5.55 Å². The van der Waals surface area contributed by atoms with Crippen molar-refractivity contribution in [3.8, 4) is 6.07 Å². The predicted molar refractivity (Wildman–Crippen MR) is 74.4 cm³/mol. The summed E-state index contributed by atoms with van der Waals surface area (Å²) < 4.78 is 5.63. The Balaban J connectivity index is 2.08. The summed E-state index contributed by atoms with van der Waals surface area (Å²) in [5, 5.41) is 14.1. The summed E-state index contributed by atoms with van der Waals surface area (Å²) in [4.78, 5) is 4.08. The van der Waals surface area contributed by atoms with E-state index in [1.165, 1.54) is 0 Å². The fourth-order valence-electron chi connectivity index (χ4n) is 1.77. The van der Waals surface area contributed by atoms with Gasteiger partial charge < -0.3 is 4.42 Å². The van der Waals surface area contributed by atoms with Gasteiger partial charge in [0.25, 0.3) is 5.55 Å². The maximum Gasteiger partial charge on any atom is 0.254 e. The number of anilines is 1. The standard InChI is InChI=1S/C15H10N4O/c16-10-12-9-11-5-1-2-6-13(11)20-15(12)19-18-14-7-3-4-8-17-14/h1-9H,(H,17,18)/b19-15-. The van der Waals surface area contributed by atoms with Gasteiger partial charge in [-0.1, -0.05) is 24.3 Å². The molecule has 0 fully saturated rings. The number of fused-ring (bicyclic) bond motifs is 1. The molecule has 2 heterocycles. The molecule has 0 unspecified atom stereocenters. The van der Waals surface area contributed by atoms with E-state index >= 15 is 0 Å². The number of nitrogens with zero attached hydrogens (tertiary/aromatic N) is 3. The molecule has 20 heavy (non-hydrogen) atoms. The Bertz CT molecular complexity index is 847. The minimum absolute atomic E-state index is 0.233. The molecular weight excluding hydrogens is 252 g/mol. The molecule has 0 radical (unpaired) electrons. The van der Waals surface area contributed by atoms with E-state index in [9.17, 15) is 0 Å². The molecule has 1 N–H and O–H groups in total. The SMILES string of the molecule is N#Cc1cc2ccccc2o/c1=N\Nc1ccccn1. The van der Waals surface area contributed by atoms with Gasteiger partial charge in [0.1, 0.15) is 23.0 Å². The highest BCUT2D eigenvalue weighted by Crippen LogP contribution is 2.12. The second kappa shape index (κ2) is 5.24. The molecule has 0 aliphatic carbocycles. The lowest BCUT2D eigenvalue weighted by molar-refractivity contribution is 0.538. The summed E-state index contributed by atoms with van der Waals surface area (Å²) >= 11 is 0. The van der Waals surface area contributed by atoms with Crippen molar-refractivity contribution in [3.05, 3.63) is 65.8 Å². The maximum atomic E-state index is 9.16. The monoisotopic (exact) mass is 262 g/mol. The third-order valence-corrected chi connectivity index (χ3v) is 2.71. The molecule has 0 saturated heterocycles. The van der Waals surface area contributed by atoms with E-state index in [2.05, 4.69) is 21.6 Å². The van der Waals surface area contributed by atoms with Crippen molar-refractivity contribution >= 4 is 16.8 Å². The first kappa shape index (κ1) is 11.9. The van der Waals surface area contributed by atoms with Gasteiger partial charge in [-0.25, -0.2) is 4.98 Å². The van der Waals surface area contributed by atoms with Crippen LogP contribution >= 0.6 is 0 Å². The van der Waals surface area contributed by atoms with E-state index in [0.29, 0.717) is 17.0 Å². The van der Waals surface area contributed by atoms with Crippen molar-refractivity contribution in [2.45, 2.75) is 0 Å². The highest BCUT2D eigenvalue weighted by atomic mass is 16.3. The molecule has 3 aromatic rings. The van der Waals surface area contributed by atoms with E-state index in [0.717, 1.165) is 5.39 Å². The van der Waals surface area contributed by atoms with Crippen LogP contribution in [0, 0.1) is 11.3 Å². The maximum absolute atomic E-state index is 9.16. The zero-order chi connectivity index (χ0) is 13.8. The molecule has 0 spiro atoms. The Labute approximate surface area is 114 Å². The molecule has 2 aromatic heterocycles. The molecular formula is C15H10N4O. The Morgan fingerprint density at radius 1 is 1.15 bits per heavy atom. The number of hydrogen-bond donors (Lipinski definition) is 1. The molecule has 5 nitrogen and oxygen atoms in total. The van der Waals surface area contributed by atoms with Crippen LogP contribution < -0.4 is 11.0 Å². The minimum Gasteiger partial charge on any atom is -0.436 e. The molecule has 1 aromatic carbocycles. The second-order valence-electron chi connectivity index (χ2n) is 4.05. The Kier molecular flexibility index (Phi) is 3.13. The highest BCUT2D eigenvalue weighted by molar-refractivity contribution is 5.77. The molecule has 3 rings (SSSR count). The Morgan fingerprint density at radius 2 is 2.00 bits per heavy atom. The lowest BCUT2D eigenvalue weighted by atomic mass is 10.2. The van der Waals surface area contributed by atoms with Gasteiger partial charge in [-0.3, -0.25) is 5.43 Å². The number of nitriles is 1. The summed E-state index contributed by atoms with van der Waals surface area (Å²) in [5.41, 5.74) is 4.04.